The van der Waals surface area contributed by atoms with Gasteiger partial charge in [-0.05, 0) is 25.7 Å². The standard InChI is InChI=1S/C11H13NO/c12-9-10-5-1-3-7-11(10,13)8-4-2-6-10/h1-4,13H,5-8H2. The molecule has 0 bridgehead atoms. The molecule has 0 aromatic heterocycles. The average molecular weight is 175 g/mol. The number of nitriles is 1. The maximum atomic E-state index is 10.3. The zero-order chi connectivity index (χ0) is 9.36. The van der Waals surface area contributed by atoms with E-state index in [0.29, 0.717) is 25.7 Å². The van der Waals surface area contributed by atoms with E-state index >= 15 is 0 Å². The lowest BCUT2D eigenvalue weighted by Gasteiger charge is -2.45. The van der Waals surface area contributed by atoms with Crippen molar-refractivity contribution < 1.29 is 5.11 Å². The molecule has 0 heterocycles. The van der Waals surface area contributed by atoms with E-state index in [1.54, 1.807) is 0 Å². The summed E-state index contributed by atoms with van der Waals surface area (Å²) in [7, 11) is 0. The number of allylic oxidation sites excluding steroid dienone is 2. The van der Waals surface area contributed by atoms with Gasteiger partial charge in [0, 0.05) is 0 Å². The molecule has 0 aliphatic heterocycles. The molecule has 0 fully saturated rings. The molecule has 0 saturated heterocycles. The lowest BCUT2D eigenvalue weighted by molar-refractivity contribution is -0.0581. The van der Waals surface area contributed by atoms with Crippen LogP contribution in [0, 0.1) is 16.7 Å². The quantitative estimate of drug-likeness (QED) is 0.572. The van der Waals surface area contributed by atoms with Crippen LogP contribution in [-0.4, -0.2) is 10.7 Å². The SMILES string of the molecule is N#CC12CC=CCC1(O)CC=CC2. The second kappa shape index (κ2) is 2.71. The predicted octanol–water partition coefficient (Wildman–Crippen LogP) is 1.93. The first-order valence-electron chi connectivity index (χ1n) is 4.66. The fraction of sp³-hybridized carbons (Fsp3) is 0.545. The molecule has 0 atom stereocenters. The largest absolute Gasteiger partial charge is 0.388 e. The molecule has 1 N–H and O–H groups in total. The second-order valence-corrected chi connectivity index (χ2v) is 3.98. The first-order chi connectivity index (χ1) is 6.22. The summed E-state index contributed by atoms with van der Waals surface area (Å²) in [6.45, 7) is 0. The minimum atomic E-state index is -0.814. The summed E-state index contributed by atoms with van der Waals surface area (Å²) in [6, 6.07) is 2.31. The predicted molar refractivity (Wildman–Crippen MR) is 49.7 cm³/mol. The van der Waals surface area contributed by atoms with Gasteiger partial charge in [0.25, 0.3) is 0 Å². The molecule has 68 valence electrons. The van der Waals surface area contributed by atoms with Gasteiger partial charge in [-0.15, -0.1) is 0 Å². The molecule has 0 unspecified atom stereocenters. The summed E-state index contributed by atoms with van der Waals surface area (Å²) >= 11 is 0. The van der Waals surface area contributed by atoms with Crippen molar-refractivity contribution in [1.29, 1.82) is 5.26 Å². The lowest BCUT2D eigenvalue weighted by atomic mass is 9.61. The Hall–Kier alpha value is -1.07. The van der Waals surface area contributed by atoms with Crippen molar-refractivity contribution >= 4 is 0 Å². The van der Waals surface area contributed by atoms with Crippen molar-refractivity contribution in [2.24, 2.45) is 5.41 Å². The van der Waals surface area contributed by atoms with E-state index in [1.165, 1.54) is 0 Å². The Morgan fingerprint density at radius 2 is 1.46 bits per heavy atom. The molecule has 2 aliphatic carbocycles. The normalized spacial score (nSPS) is 42.5. The fourth-order valence-corrected chi connectivity index (χ4v) is 2.26. The molecule has 0 saturated carbocycles. The van der Waals surface area contributed by atoms with E-state index in [0.717, 1.165) is 0 Å². The van der Waals surface area contributed by atoms with Crippen molar-refractivity contribution in [2.75, 3.05) is 0 Å². The highest BCUT2D eigenvalue weighted by atomic mass is 16.3. The fourth-order valence-electron chi connectivity index (χ4n) is 2.26. The summed E-state index contributed by atoms with van der Waals surface area (Å²) in [5.74, 6) is 0. The first-order valence-corrected chi connectivity index (χ1v) is 4.66. The van der Waals surface area contributed by atoms with Crippen LogP contribution >= 0.6 is 0 Å². The highest BCUT2D eigenvalue weighted by Crippen LogP contribution is 2.48. The van der Waals surface area contributed by atoms with Crippen molar-refractivity contribution in [1.82, 2.24) is 0 Å². The van der Waals surface area contributed by atoms with E-state index < -0.39 is 11.0 Å². The second-order valence-electron chi connectivity index (χ2n) is 3.98. The number of aliphatic hydroxyl groups is 1. The zero-order valence-electron chi connectivity index (χ0n) is 7.53. The topological polar surface area (TPSA) is 44.0 Å². The molecule has 2 heteroatoms. The molecule has 0 radical (unpaired) electrons. The molecular formula is C11H13NO. The summed E-state index contributed by atoms with van der Waals surface area (Å²) in [5, 5.41) is 19.5. The minimum absolute atomic E-state index is 0.559. The monoisotopic (exact) mass is 175 g/mol. The van der Waals surface area contributed by atoms with Gasteiger partial charge < -0.3 is 5.11 Å². The maximum absolute atomic E-state index is 10.3. The van der Waals surface area contributed by atoms with Crippen molar-refractivity contribution in [2.45, 2.75) is 31.3 Å². The Kier molecular flexibility index (Phi) is 1.78. The van der Waals surface area contributed by atoms with Crippen LogP contribution in [0.1, 0.15) is 25.7 Å². The van der Waals surface area contributed by atoms with Crippen LogP contribution in [-0.2, 0) is 0 Å². The van der Waals surface area contributed by atoms with Crippen molar-refractivity contribution in [3.05, 3.63) is 24.3 Å². The Morgan fingerprint density at radius 3 is 1.85 bits per heavy atom. The van der Waals surface area contributed by atoms with E-state index in [4.69, 9.17) is 5.26 Å². The summed E-state index contributed by atoms with van der Waals surface area (Å²) < 4.78 is 0. The van der Waals surface area contributed by atoms with E-state index in [-0.39, 0.29) is 0 Å². The van der Waals surface area contributed by atoms with Gasteiger partial charge in [0.05, 0.1) is 17.1 Å². The van der Waals surface area contributed by atoms with Crippen LogP contribution < -0.4 is 0 Å². The third-order valence-electron chi connectivity index (χ3n) is 3.28. The summed E-state index contributed by atoms with van der Waals surface area (Å²) in [5.41, 5.74) is -1.37. The summed E-state index contributed by atoms with van der Waals surface area (Å²) in [6.07, 6.45) is 10.6. The minimum Gasteiger partial charge on any atom is -0.388 e. The van der Waals surface area contributed by atoms with E-state index in [1.807, 2.05) is 24.3 Å². The number of hydrogen-bond acceptors (Lipinski definition) is 2. The number of rotatable bonds is 0. The highest BCUT2D eigenvalue weighted by molar-refractivity contribution is 5.25. The highest BCUT2D eigenvalue weighted by Gasteiger charge is 2.50. The molecular weight excluding hydrogens is 162 g/mol. The van der Waals surface area contributed by atoms with Crippen LogP contribution in [0.5, 0.6) is 0 Å². The summed E-state index contributed by atoms with van der Waals surface area (Å²) in [4.78, 5) is 0. The molecule has 0 spiro atoms. The third-order valence-corrected chi connectivity index (χ3v) is 3.28. The smallest absolute Gasteiger partial charge is 0.0934 e. The van der Waals surface area contributed by atoms with Crippen LogP contribution in [0.15, 0.2) is 24.3 Å². The van der Waals surface area contributed by atoms with Gasteiger partial charge in [0.1, 0.15) is 0 Å². The number of nitrogens with zero attached hydrogens (tertiary/aromatic N) is 1. The van der Waals surface area contributed by atoms with Crippen molar-refractivity contribution in [3.8, 4) is 6.07 Å². The Labute approximate surface area is 78.2 Å². The molecule has 0 aromatic rings. The van der Waals surface area contributed by atoms with Gasteiger partial charge in [-0.2, -0.15) is 5.26 Å². The van der Waals surface area contributed by atoms with Gasteiger partial charge in [-0.1, -0.05) is 24.3 Å². The Bertz CT molecular complexity index is 291. The van der Waals surface area contributed by atoms with Crippen LogP contribution in [0.4, 0.5) is 0 Å². The number of fused-ring (bicyclic) bond motifs is 1. The number of hydrogen-bond donors (Lipinski definition) is 1. The average Bonchev–Trinajstić information content (AvgIpc) is 2.17. The Morgan fingerprint density at radius 1 is 1.00 bits per heavy atom. The van der Waals surface area contributed by atoms with Crippen LogP contribution in [0.2, 0.25) is 0 Å². The molecule has 2 aliphatic rings. The van der Waals surface area contributed by atoms with Gasteiger partial charge in [-0.3, -0.25) is 0 Å². The molecule has 2 rings (SSSR count). The molecule has 2 nitrogen and oxygen atoms in total. The first kappa shape index (κ1) is 8.52. The lowest BCUT2D eigenvalue weighted by Crippen LogP contribution is -2.49. The molecule has 13 heavy (non-hydrogen) atoms. The van der Waals surface area contributed by atoms with Crippen LogP contribution in [0.25, 0.3) is 0 Å². The molecule has 0 aromatic carbocycles. The zero-order valence-corrected chi connectivity index (χ0v) is 7.53. The maximum Gasteiger partial charge on any atom is 0.0934 e. The Balaban J connectivity index is 2.44. The van der Waals surface area contributed by atoms with Crippen molar-refractivity contribution in [3.63, 3.8) is 0 Å². The molecule has 0 amide bonds. The van der Waals surface area contributed by atoms with Gasteiger partial charge >= 0.3 is 0 Å². The van der Waals surface area contributed by atoms with E-state index in [9.17, 15) is 5.11 Å². The van der Waals surface area contributed by atoms with Crippen LogP contribution in [0.3, 0.4) is 0 Å². The third kappa shape index (κ3) is 1.04. The van der Waals surface area contributed by atoms with E-state index in [2.05, 4.69) is 6.07 Å². The van der Waals surface area contributed by atoms with Gasteiger partial charge in [0.2, 0.25) is 0 Å². The van der Waals surface area contributed by atoms with Gasteiger partial charge in [0.15, 0.2) is 0 Å². The van der Waals surface area contributed by atoms with Gasteiger partial charge in [-0.25, -0.2) is 0 Å².